The van der Waals surface area contributed by atoms with Crippen LogP contribution < -0.4 is 11.1 Å². The Morgan fingerprint density at radius 1 is 1.64 bits per heavy atom. The summed E-state index contributed by atoms with van der Waals surface area (Å²) in [6, 6.07) is 0. The molecule has 0 aromatic heterocycles. The highest BCUT2D eigenvalue weighted by Gasteiger charge is 2.09. The third-order valence-electron chi connectivity index (χ3n) is 1.76. The molecule has 0 aromatic rings. The van der Waals surface area contributed by atoms with Crippen molar-refractivity contribution in [3.8, 4) is 0 Å². The van der Waals surface area contributed by atoms with E-state index >= 15 is 0 Å². The first-order chi connectivity index (χ1) is 6.57. The molecule has 0 aromatic carbocycles. The maximum Gasteiger partial charge on any atom is 0.332 e. The van der Waals surface area contributed by atoms with Crippen LogP contribution in [-0.4, -0.2) is 53.1 Å². The molecule has 1 heterocycles. The molecule has 1 aliphatic rings. The van der Waals surface area contributed by atoms with Crippen LogP contribution in [0, 0.1) is 0 Å². The van der Waals surface area contributed by atoms with Gasteiger partial charge in [-0.15, -0.1) is 0 Å². The summed E-state index contributed by atoms with van der Waals surface area (Å²) in [5.74, 6) is -1.21. The van der Waals surface area contributed by atoms with Crippen molar-refractivity contribution < 1.29 is 20.1 Å². The van der Waals surface area contributed by atoms with Crippen LogP contribution in [-0.2, 0) is 4.79 Å². The van der Waals surface area contributed by atoms with Gasteiger partial charge < -0.3 is 26.4 Å². The predicted octanol–water partition coefficient (Wildman–Crippen LogP) is -1.88. The predicted molar refractivity (Wildman–Crippen MR) is 50.8 cm³/mol. The number of hydrogen-bond donors (Lipinski definition) is 5. The molecule has 0 aliphatic carbocycles. The third-order valence-corrected chi connectivity index (χ3v) is 1.76. The Labute approximate surface area is 82.7 Å². The van der Waals surface area contributed by atoms with Gasteiger partial charge in [0.05, 0.1) is 6.10 Å². The molecule has 6 N–H and O–H groups in total. The van der Waals surface area contributed by atoms with Crippen LogP contribution in [0.5, 0.6) is 0 Å². The molecule has 0 unspecified atom stereocenters. The lowest BCUT2D eigenvalue weighted by Gasteiger charge is -1.99. The van der Waals surface area contributed by atoms with Crippen molar-refractivity contribution in [1.82, 2.24) is 5.32 Å². The van der Waals surface area contributed by atoms with E-state index < -0.39 is 12.1 Å². The average Bonchev–Trinajstić information content (AvgIpc) is 2.57. The average molecular weight is 206 g/mol. The summed E-state index contributed by atoms with van der Waals surface area (Å²) in [5.41, 5.74) is 4.94. The number of carbonyl (C=O) groups is 1. The Kier molecular flexibility index (Phi) is 7.31. The molecule has 14 heavy (non-hydrogen) atoms. The minimum Gasteiger partial charge on any atom is -0.479 e. The Hall–Kier alpha value is -0.690. The van der Waals surface area contributed by atoms with Crippen LogP contribution in [0.15, 0.2) is 0 Å². The first-order valence-corrected chi connectivity index (χ1v) is 4.57. The van der Waals surface area contributed by atoms with Crippen molar-refractivity contribution in [2.45, 2.75) is 25.0 Å². The van der Waals surface area contributed by atoms with Crippen LogP contribution in [0.25, 0.3) is 0 Å². The molecular formula is C8H18N2O4. The maximum absolute atomic E-state index is 9.78. The van der Waals surface area contributed by atoms with E-state index in [1.54, 1.807) is 0 Å². The molecule has 0 spiro atoms. The fraction of sp³-hybridized carbons (Fsp3) is 0.875. The van der Waals surface area contributed by atoms with Crippen molar-refractivity contribution in [2.24, 2.45) is 5.73 Å². The van der Waals surface area contributed by atoms with E-state index in [1.807, 2.05) is 0 Å². The van der Waals surface area contributed by atoms with Crippen LogP contribution in [0.2, 0.25) is 0 Å². The number of carboxylic acid groups (broad SMARTS) is 1. The summed E-state index contributed by atoms with van der Waals surface area (Å²) in [4.78, 5) is 9.78. The first-order valence-electron chi connectivity index (χ1n) is 4.57. The highest BCUT2D eigenvalue weighted by molar-refractivity contribution is 5.71. The molecule has 6 heteroatoms. The second-order valence-electron chi connectivity index (χ2n) is 3.08. The number of hydrogen-bond acceptors (Lipinski definition) is 5. The quantitative estimate of drug-likeness (QED) is 0.369. The van der Waals surface area contributed by atoms with Crippen LogP contribution in [0.3, 0.4) is 0 Å². The number of aliphatic carboxylic acids is 1. The van der Waals surface area contributed by atoms with Crippen molar-refractivity contribution in [2.75, 3.05) is 19.6 Å². The second-order valence-corrected chi connectivity index (χ2v) is 3.08. The largest absolute Gasteiger partial charge is 0.479 e. The molecule has 0 bridgehead atoms. The van der Waals surface area contributed by atoms with E-state index in [9.17, 15) is 4.79 Å². The topological polar surface area (TPSA) is 116 Å². The molecule has 1 rings (SSSR count). The third kappa shape index (κ3) is 6.79. The number of carboxylic acids is 1. The van der Waals surface area contributed by atoms with E-state index in [0.29, 0.717) is 0 Å². The minimum absolute atomic E-state index is 0.0648. The summed E-state index contributed by atoms with van der Waals surface area (Å²) in [5, 5.41) is 28.1. The normalized spacial score (nSPS) is 22.4. The van der Waals surface area contributed by atoms with Gasteiger partial charge in [-0.2, -0.15) is 0 Å². The van der Waals surface area contributed by atoms with E-state index in [0.717, 1.165) is 19.5 Å². The zero-order chi connectivity index (χ0) is 11.0. The Bertz CT molecular complexity index is 159. The fourth-order valence-electron chi connectivity index (χ4n) is 0.921. The van der Waals surface area contributed by atoms with Gasteiger partial charge in [0.2, 0.25) is 0 Å². The van der Waals surface area contributed by atoms with Gasteiger partial charge in [0.1, 0.15) is 0 Å². The number of nitrogens with one attached hydrogen (secondary N) is 1. The molecule has 84 valence electrons. The Morgan fingerprint density at radius 3 is 2.43 bits per heavy atom. The zero-order valence-corrected chi connectivity index (χ0v) is 8.02. The van der Waals surface area contributed by atoms with Gasteiger partial charge in [-0.3, -0.25) is 0 Å². The zero-order valence-electron chi connectivity index (χ0n) is 8.02. The van der Waals surface area contributed by atoms with Crippen LogP contribution in [0.1, 0.15) is 12.8 Å². The molecule has 1 aliphatic heterocycles. The number of aliphatic hydroxyl groups excluding tert-OH is 2. The second kappa shape index (κ2) is 7.69. The SMILES string of the molecule is NCC[C@H](O)C(=O)O.O[C@H]1CCNC1. The number of aliphatic hydroxyl groups is 2. The Morgan fingerprint density at radius 2 is 2.29 bits per heavy atom. The van der Waals surface area contributed by atoms with Gasteiger partial charge in [-0.05, 0) is 25.9 Å². The highest BCUT2D eigenvalue weighted by Crippen LogP contribution is 1.93. The summed E-state index contributed by atoms with van der Waals surface area (Å²) in [7, 11) is 0. The monoisotopic (exact) mass is 206 g/mol. The fourth-order valence-corrected chi connectivity index (χ4v) is 0.921. The number of nitrogens with two attached hydrogens (primary N) is 1. The molecule has 6 nitrogen and oxygen atoms in total. The molecular weight excluding hydrogens is 188 g/mol. The lowest BCUT2D eigenvalue weighted by Crippen LogP contribution is -2.22. The summed E-state index contributed by atoms with van der Waals surface area (Å²) in [6.45, 7) is 1.98. The molecule has 2 atom stereocenters. The van der Waals surface area contributed by atoms with E-state index in [2.05, 4.69) is 5.32 Å². The van der Waals surface area contributed by atoms with Gasteiger partial charge in [0, 0.05) is 6.54 Å². The van der Waals surface area contributed by atoms with E-state index in [-0.39, 0.29) is 19.1 Å². The maximum atomic E-state index is 9.78. The van der Waals surface area contributed by atoms with Gasteiger partial charge >= 0.3 is 5.97 Å². The van der Waals surface area contributed by atoms with Gasteiger partial charge in [-0.1, -0.05) is 0 Å². The van der Waals surface area contributed by atoms with Crippen LogP contribution >= 0.6 is 0 Å². The van der Waals surface area contributed by atoms with Gasteiger partial charge in [-0.25, -0.2) is 4.79 Å². The number of β-amino-alcohol motifs (C(OH)–C–C–N with tert-alkyl or cyclic N) is 1. The summed E-state index contributed by atoms with van der Waals surface area (Å²) < 4.78 is 0. The molecule has 0 radical (unpaired) electrons. The van der Waals surface area contributed by atoms with Crippen LogP contribution in [0.4, 0.5) is 0 Å². The smallest absolute Gasteiger partial charge is 0.332 e. The van der Waals surface area contributed by atoms with Crippen molar-refractivity contribution in [3.05, 3.63) is 0 Å². The highest BCUT2D eigenvalue weighted by atomic mass is 16.4. The number of rotatable bonds is 3. The first kappa shape index (κ1) is 13.3. The molecule has 0 saturated carbocycles. The van der Waals surface area contributed by atoms with Crippen molar-refractivity contribution in [3.63, 3.8) is 0 Å². The van der Waals surface area contributed by atoms with Crippen molar-refractivity contribution >= 4 is 5.97 Å². The lowest BCUT2D eigenvalue weighted by molar-refractivity contribution is -0.146. The molecule has 1 saturated heterocycles. The van der Waals surface area contributed by atoms with Gasteiger partial charge in [0.25, 0.3) is 0 Å². The van der Waals surface area contributed by atoms with Crippen molar-refractivity contribution in [1.29, 1.82) is 0 Å². The van der Waals surface area contributed by atoms with E-state index in [4.69, 9.17) is 21.1 Å². The standard InChI is InChI=1S/C4H9NO3.C4H9NO/c5-2-1-3(6)4(7)8;6-4-1-2-5-3-4/h3,6H,1-2,5H2,(H,7,8);4-6H,1-3H2/t3-;4-/m00/s1. The van der Waals surface area contributed by atoms with E-state index in [1.165, 1.54) is 0 Å². The minimum atomic E-state index is -1.29. The lowest BCUT2D eigenvalue weighted by atomic mass is 10.3. The summed E-state index contributed by atoms with van der Waals surface area (Å²) in [6.07, 6.45) is -0.306. The Balaban J connectivity index is 0.000000249. The molecule has 0 amide bonds. The molecule has 1 fully saturated rings. The summed E-state index contributed by atoms with van der Waals surface area (Å²) >= 11 is 0. The van der Waals surface area contributed by atoms with Gasteiger partial charge in [0.15, 0.2) is 6.10 Å².